The number of epoxide rings is 1. The molecule has 9 atom stereocenters. The molecule has 6 rings (SSSR count). The first kappa shape index (κ1) is 67.7. The number of amides is 6. The number of methoxy groups -OCH3 is 2. The molecule has 0 radical (unpaired) electrons. The molecule has 2 unspecified atom stereocenters. The van der Waals surface area contributed by atoms with Crippen molar-refractivity contribution in [1.82, 2.24) is 20.0 Å². The van der Waals surface area contributed by atoms with Gasteiger partial charge in [-0.15, -0.1) is 0 Å². The van der Waals surface area contributed by atoms with Crippen LogP contribution in [-0.2, 0) is 65.4 Å². The molecule has 2 saturated heterocycles. The molecule has 1 aliphatic carbocycles. The van der Waals surface area contributed by atoms with Crippen molar-refractivity contribution < 1.29 is 81.4 Å². The average Bonchev–Trinajstić information content (AvgIpc) is 1.62. The summed E-state index contributed by atoms with van der Waals surface area (Å²) < 4.78 is 46.0. The number of halogens is 1. The Morgan fingerprint density at radius 2 is 1.69 bits per heavy atom. The maximum Gasteiger partial charge on any atom is 0.412 e. The molecule has 86 heavy (non-hydrogen) atoms. The van der Waals surface area contributed by atoms with E-state index < -0.39 is 96.3 Å². The fourth-order valence-corrected chi connectivity index (χ4v) is 10.5. The highest BCUT2D eigenvalue weighted by molar-refractivity contribution is 6.35. The topological polar surface area (TPSA) is 283 Å². The zero-order chi connectivity index (χ0) is 63.0. The number of fused-ring (bicyclic) bond motifs is 5. The Balaban J connectivity index is 1.03. The molecule has 2 aromatic rings. The Morgan fingerprint density at radius 1 is 0.965 bits per heavy atom. The third kappa shape index (κ3) is 18.1. The van der Waals surface area contributed by atoms with Crippen molar-refractivity contribution in [3.05, 3.63) is 82.4 Å². The van der Waals surface area contributed by atoms with Gasteiger partial charge in [0, 0.05) is 67.1 Å². The molecule has 3 aliphatic heterocycles. The van der Waals surface area contributed by atoms with Gasteiger partial charge in [0.2, 0.25) is 11.8 Å². The number of hydrogen-bond donors (Lipinski definition) is 4. The van der Waals surface area contributed by atoms with Crippen LogP contribution in [0.25, 0.3) is 0 Å². The van der Waals surface area contributed by atoms with Crippen LogP contribution in [0.15, 0.2) is 66.3 Å². The van der Waals surface area contributed by atoms with Crippen molar-refractivity contribution in [2.75, 3.05) is 84.2 Å². The normalized spacial score (nSPS) is 25.7. The fourth-order valence-electron chi connectivity index (χ4n) is 10.2. The fraction of sp³-hybridized carbons (Fsp3) is 0.574. The van der Waals surface area contributed by atoms with Gasteiger partial charge in [-0.25, -0.2) is 24.0 Å². The van der Waals surface area contributed by atoms with E-state index in [-0.39, 0.29) is 62.6 Å². The van der Waals surface area contributed by atoms with Gasteiger partial charge in [0.25, 0.3) is 0 Å². The molecule has 472 valence electrons. The van der Waals surface area contributed by atoms with Crippen LogP contribution in [0, 0.1) is 5.92 Å². The summed E-state index contributed by atoms with van der Waals surface area (Å²) >= 11 is 6.83. The van der Waals surface area contributed by atoms with Crippen LogP contribution in [0.2, 0.25) is 5.02 Å². The van der Waals surface area contributed by atoms with Gasteiger partial charge < -0.3 is 67.9 Å². The number of carbonyl (C=O) groups is 8. The highest BCUT2D eigenvalue weighted by Crippen LogP contribution is 2.49. The summed E-state index contributed by atoms with van der Waals surface area (Å²) in [7, 11) is 8.71. The van der Waals surface area contributed by atoms with E-state index in [4.69, 9.17) is 49.5 Å². The van der Waals surface area contributed by atoms with E-state index in [1.807, 2.05) is 25.2 Å². The lowest BCUT2D eigenvalue weighted by Crippen LogP contribution is -2.63. The van der Waals surface area contributed by atoms with Crippen LogP contribution in [0.1, 0.15) is 104 Å². The number of alkyl carbamates (subject to hydrolysis) is 1. The molecule has 24 nitrogen and oxygen atoms in total. The summed E-state index contributed by atoms with van der Waals surface area (Å²) in [5.74, 6) is -2.34. The van der Waals surface area contributed by atoms with Crippen molar-refractivity contribution >= 4 is 76.6 Å². The predicted molar refractivity (Wildman–Crippen MR) is 319 cm³/mol. The second-order valence-corrected chi connectivity index (χ2v) is 22.8. The zero-order valence-electron chi connectivity index (χ0n) is 51.1. The Bertz CT molecular complexity index is 2890. The highest BCUT2D eigenvalue weighted by atomic mass is 35.5. The van der Waals surface area contributed by atoms with Gasteiger partial charge in [0.15, 0.2) is 11.5 Å². The third-order valence-electron chi connectivity index (χ3n) is 16.0. The zero-order valence-corrected chi connectivity index (χ0v) is 51.8. The number of esters is 1. The number of allylic oxidation sites excluding steroid dienone is 4. The number of aliphatic hydroxyl groups is 1. The van der Waals surface area contributed by atoms with Crippen molar-refractivity contribution in [3.8, 4) is 5.75 Å². The van der Waals surface area contributed by atoms with Crippen LogP contribution in [0.5, 0.6) is 5.75 Å². The molecular weight excluding hydrogens is 1140 g/mol. The third-order valence-corrected chi connectivity index (χ3v) is 16.4. The van der Waals surface area contributed by atoms with E-state index in [0.29, 0.717) is 41.2 Å². The standard InChI is InChI=1S/C61H84ClN7O17/c1-12-42(70)35-63-45-30-40(23-24-44(45)64-56(74)83-43-20-16-14-13-15-17-21-43)36-82-59(77)67(7)27-26-66(6)58(76)81-28-25-51(71)68(8)39(4)55(73)85-50-33-52(72)69(9)46-31-41(32-47(79-10)53(46)62)29-37(2)19-18-22-49(80-11)61(78)34-48(84-57(75)65-61)38(3)54-60(50,5)86-54/h16,18-20,22-24,30-32,38-39,43,48-50,54,63,78H,12-15,17,21,25-29,33-36H2,1-11H3,(H,64,74)(H,65,75)/b20-16+,22-18+,37-19+/t38-,39+,43?,48+,49-,50+,54+,60?,61+/m1/s1. The number of nitrogens with zero attached hydrogens (tertiary/aromatic N) is 4. The van der Waals surface area contributed by atoms with Crippen LogP contribution in [0.3, 0.4) is 0 Å². The maximum atomic E-state index is 14.4. The van der Waals surface area contributed by atoms with Gasteiger partial charge >= 0.3 is 30.3 Å². The lowest BCUT2D eigenvalue weighted by Gasteiger charge is -2.42. The average molecular weight is 1220 g/mol. The number of rotatable bonds is 19. The Morgan fingerprint density at radius 3 is 2.38 bits per heavy atom. The summed E-state index contributed by atoms with van der Waals surface area (Å²) in [6.07, 6.45) is 6.34. The maximum absolute atomic E-state index is 14.4. The van der Waals surface area contributed by atoms with Crippen LogP contribution < -0.4 is 25.6 Å². The number of ketones is 1. The molecule has 2 aromatic carbocycles. The quantitative estimate of drug-likeness (QED) is 0.0447. The summed E-state index contributed by atoms with van der Waals surface area (Å²) in [4.78, 5) is 111. The summed E-state index contributed by atoms with van der Waals surface area (Å²) in [5, 5.41) is 20.4. The van der Waals surface area contributed by atoms with E-state index >= 15 is 0 Å². The number of Topliss-reactive ketones (excluding diaryl/α,β-unsaturated/α-hetero) is 1. The Kier molecular flexibility index (Phi) is 24.2. The lowest BCUT2D eigenvalue weighted by molar-refractivity contribution is -0.162. The van der Waals surface area contributed by atoms with Crippen molar-refractivity contribution in [3.63, 3.8) is 0 Å². The molecular formula is C61H84ClN7O17. The van der Waals surface area contributed by atoms with E-state index in [9.17, 15) is 43.5 Å². The van der Waals surface area contributed by atoms with Crippen molar-refractivity contribution in [1.29, 1.82) is 0 Å². The first-order valence-corrected chi connectivity index (χ1v) is 29.3. The number of carbonyl (C=O) groups excluding carboxylic acids is 8. The minimum Gasteiger partial charge on any atom is -0.495 e. The number of nitrogens with one attached hydrogen (secondary N) is 3. The van der Waals surface area contributed by atoms with Gasteiger partial charge in [-0.3, -0.25) is 25.0 Å². The molecule has 0 spiro atoms. The second-order valence-electron chi connectivity index (χ2n) is 22.4. The number of benzene rings is 2. The van der Waals surface area contributed by atoms with Crippen molar-refractivity contribution in [2.24, 2.45) is 5.92 Å². The van der Waals surface area contributed by atoms with Gasteiger partial charge in [-0.2, -0.15) is 0 Å². The molecule has 4 aliphatic rings. The molecule has 4 bridgehead atoms. The molecule has 2 fully saturated rings. The molecule has 0 aromatic heterocycles. The van der Waals surface area contributed by atoms with Crippen molar-refractivity contribution in [2.45, 2.75) is 153 Å². The van der Waals surface area contributed by atoms with E-state index in [1.165, 1.54) is 64.0 Å². The van der Waals surface area contributed by atoms with Crippen LogP contribution in [-0.4, -0.2) is 184 Å². The van der Waals surface area contributed by atoms with Crippen LogP contribution in [0.4, 0.5) is 36.2 Å². The molecule has 0 saturated carbocycles. The molecule has 3 heterocycles. The van der Waals surface area contributed by atoms with Gasteiger partial charge in [-0.05, 0) is 94.3 Å². The number of ether oxygens (including phenoxy) is 8. The SMILES string of the molecule is CCC(=O)CNc1cc(COC(=O)N(C)CCN(C)C(=O)OCCC(=O)N(C)[C@@H](C)C(=O)O[C@H]2CC(=O)N(C)c3cc(cc(OC)c3Cl)C/C(C)=C/C=C/[C@@H](OC)[C@@]3(O)C[C@H](OC(=O)N3)[C@@H](C)[C@@H]3OC23C)ccc1NC(=O)OC1/C=C/CCCCC1. The summed E-state index contributed by atoms with van der Waals surface area (Å²) in [5.41, 5.74) is 0.0887. The number of likely N-dealkylation sites (N-methyl/N-ethyl adjacent to an activating group) is 3. The molecule has 6 amide bonds. The number of hydrogen-bond acceptors (Lipinski definition) is 18. The summed E-state index contributed by atoms with van der Waals surface area (Å²) in [6.45, 7) is 8.05. The highest BCUT2D eigenvalue weighted by Gasteiger charge is 2.64. The predicted octanol–water partition coefficient (Wildman–Crippen LogP) is 8.07. The van der Waals surface area contributed by atoms with Gasteiger partial charge in [0.05, 0.1) is 49.7 Å². The molecule has 25 heteroatoms. The van der Waals surface area contributed by atoms with Gasteiger partial charge in [-0.1, -0.05) is 67.8 Å². The minimum atomic E-state index is -1.90. The smallest absolute Gasteiger partial charge is 0.412 e. The van der Waals surface area contributed by atoms with E-state index in [0.717, 1.165) is 48.1 Å². The first-order valence-electron chi connectivity index (χ1n) is 28.9. The minimum absolute atomic E-state index is 0.00901. The second kappa shape index (κ2) is 30.8. The van der Waals surface area contributed by atoms with Crippen LogP contribution >= 0.6 is 11.6 Å². The molecule has 4 N–H and O–H groups in total. The largest absolute Gasteiger partial charge is 0.495 e. The number of anilines is 3. The summed E-state index contributed by atoms with van der Waals surface area (Å²) in [6, 6.07) is 7.25. The van der Waals surface area contributed by atoms with Gasteiger partial charge in [0.1, 0.15) is 60.0 Å². The Labute approximate surface area is 507 Å². The Hall–Kier alpha value is -7.41. The first-order chi connectivity index (χ1) is 40.8. The van der Waals surface area contributed by atoms with E-state index in [1.54, 1.807) is 63.3 Å². The lowest BCUT2D eigenvalue weighted by atomic mass is 9.83. The monoisotopic (exact) mass is 1220 g/mol. The van der Waals surface area contributed by atoms with E-state index in [2.05, 4.69) is 16.0 Å².